The van der Waals surface area contributed by atoms with Gasteiger partial charge in [0.1, 0.15) is 6.54 Å². The third-order valence-electron chi connectivity index (χ3n) is 4.64. The van der Waals surface area contributed by atoms with Crippen molar-refractivity contribution in [2.24, 2.45) is 0 Å². The molecular formula is C18H27N3O2. The van der Waals surface area contributed by atoms with E-state index in [1.807, 2.05) is 18.2 Å². The topological polar surface area (TPSA) is 61.4 Å². The van der Waals surface area contributed by atoms with Gasteiger partial charge in [0.05, 0.1) is 0 Å². The van der Waals surface area contributed by atoms with Gasteiger partial charge in [-0.05, 0) is 18.4 Å². The van der Waals surface area contributed by atoms with E-state index in [1.54, 1.807) is 4.90 Å². The van der Waals surface area contributed by atoms with Gasteiger partial charge in [0, 0.05) is 24.5 Å². The standard InChI is InChI=1S/C18H27N3O2/c1-4-15(18(2,3)14-9-6-5-7-10-14)20-16(22)13-21-12-8-11-19-17(21)23/h5-7,9-10,15H,4,8,11-13H2,1-3H3,(H,19,23)(H,20,22)/t15-/m1/s1. The van der Waals surface area contributed by atoms with Gasteiger partial charge in [-0.1, -0.05) is 51.1 Å². The quantitative estimate of drug-likeness (QED) is 0.845. The molecule has 0 aromatic heterocycles. The van der Waals surface area contributed by atoms with E-state index in [4.69, 9.17) is 0 Å². The molecule has 1 atom stereocenters. The Morgan fingerprint density at radius 2 is 2.04 bits per heavy atom. The molecule has 1 aliphatic rings. The summed E-state index contributed by atoms with van der Waals surface area (Å²) in [6.07, 6.45) is 1.71. The minimum atomic E-state index is -0.171. The van der Waals surface area contributed by atoms with Crippen LogP contribution in [0.5, 0.6) is 0 Å². The second kappa shape index (κ2) is 7.49. The average Bonchev–Trinajstić information content (AvgIpc) is 2.55. The first-order chi connectivity index (χ1) is 10.9. The third-order valence-corrected chi connectivity index (χ3v) is 4.64. The van der Waals surface area contributed by atoms with Crippen LogP contribution in [0.25, 0.3) is 0 Å². The Kier molecular flexibility index (Phi) is 5.64. The van der Waals surface area contributed by atoms with Crippen LogP contribution in [0.15, 0.2) is 30.3 Å². The predicted octanol–water partition coefficient (Wildman–Crippen LogP) is 2.27. The van der Waals surface area contributed by atoms with Gasteiger partial charge in [-0.2, -0.15) is 0 Å². The van der Waals surface area contributed by atoms with Crippen LogP contribution in [0.2, 0.25) is 0 Å². The lowest BCUT2D eigenvalue weighted by Crippen LogP contribution is -2.53. The number of rotatable bonds is 6. The molecule has 1 saturated heterocycles. The van der Waals surface area contributed by atoms with Gasteiger partial charge in [-0.15, -0.1) is 0 Å². The molecular weight excluding hydrogens is 290 g/mol. The van der Waals surface area contributed by atoms with E-state index >= 15 is 0 Å². The van der Waals surface area contributed by atoms with Crippen molar-refractivity contribution in [2.75, 3.05) is 19.6 Å². The molecule has 5 nitrogen and oxygen atoms in total. The Morgan fingerprint density at radius 3 is 2.65 bits per heavy atom. The average molecular weight is 317 g/mol. The predicted molar refractivity (Wildman–Crippen MR) is 91.3 cm³/mol. The molecule has 0 unspecified atom stereocenters. The normalized spacial score (nSPS) is 16.7. The Bertz CT molecular complexity index is 542. The van der Waals surface area contributed by atoms with Crippen molar-refractivity contribution in [3.63, 3.8) is 0 Å². The maximum atomic E-state index is 12.4. The molecule has 1 aromatic rings. The molecule has 1 heterocycles. The van der Waals surface area contributed by atoms with Crippen LogP contribution < -0.4 is 10.6 Å². The van der Waals surface area contributed by atoms with Crippen LogP contribution >= 0.6 is 0 Å². The van der Waals surface area contributed by atoms with Gasteiger partial charge >= 0.3 is 6.03 Å². The summed E-state index contributed by atoms with van der Waals surface area (Å²) < 4.78 is 0. The first kappa shape index (κ1) is 17.3. The molecule has 0 saturated carbocycles. The highest BCUT2D eigenvalue weighted by Gasteiger charge is 2.31. The Balaban J connectivity index is 2.01. The van der Waals surface area contributed by atoms with Crippen molar-refractivity contribution >= 4 is 11.9 Å². The van der Waals surface area contributed by atoms with Crippen LogP contribution in [0.1, 0.15) is 39.2 Å². The van der Waals surface area contributed by atoms with Gasteiger partial charge in [0.25, 0.3) is 0 Å². The number of hydrogen-bond donors (Lipinski definition) is 2. The first-order valence-electron chi connectivity index (χ1n) is 8.32. The van der Waals surface area contributed by atoms with E-state index in [2.05, 4.69) is 43.5 Å². The summed E-state index contributed by atoms with van der Waals surface area (Å²) in [5.74, 6) is -0.0992. The summed E-state index contributed by atoms with van der Waals surface area (Å²) in [7, 11) is 0. The molecule has 3 amide bonds. The molecule has 0 bridgehead atoms. The lowest BCUT2D eigenvalue weighted by Gasteiger charge is -2.36. The van der Waals surface area contributed by atoms with Crippen molar-refractivity contribution < 1.29 is 9.59 Å². The lowest BCUT2D eigenvalue weighted by molar-refractivity contribution is -0.123. The molecule has 1 aromatic carbocycles. The van der Waals surface area contributed by atoms with Crippen LogP contribution in [0.3, 0.4) is 0 Å². The maximum Gasteiger partial charge on any atom is 0.317 e. The summed E-state index contributed by atoms with van der Waals surface area (Å²) in [6.45, 7) is 7.80. The van der Waals surface area contributed by atoms with Crippen molar-refractivity contribution in [2.45, 2.75) is 45.1 Å². The Hall–Kier alpha value is -2.04. The Labute approximate surface area is 138 Å². The highest BCUT2D eigenvalue weighted by atomic mass is 16.2. The zero-order valence-corrected chi connectivity index (χ0v) is 14.3. The smallest absolute Gasteiger partial charge is 0.317 e. The number of carbonyl (C=O) groups is 2. The maximum absolute atomic E-state index is 12.4. The monoisotopic (exact) mass is 317 g/mol. The number of hydrogen-bond acceptors (Lipinski definition) is 2. The first-order valence-corrected chi connectivity index (χ1v) is 8.32. The molecule has 2 rings (SSSR count). The van der Waals surface area contributed by atoms with E-state index in [9.17, 15) is 9.59 Å². The van der Waals surface area contributed by atoms with Crippen LogP contribution in [0.4, 0.5) is 4.79 Å². The molecule has 1 fully saturated rings. The van der Waals surface area contributed by atoms with Crippen LogP contribution in [0, 0.1) is 0 Å². The third kappa shape index (κ3) is 4.24. The molecule has 2 N–H and O–H groups in total. The number of carbonyl (C=O) groups excluding carboxylic acids is 2. The van der Waals surface area contributed by atoms with E-state index in [-0.39, 0.29) is 29.9 Å². The molecule has 0 spiro atoms. The van der Waals surface area contributed by atoms with Gasteiger partial charge < -0.3 is 15.5 Å². The van der Waals surface area contributed by atoms with Gasteiger partial charge in [-0.3, -0.25) is 4.79 Å². The van der Waals surface area contributed by atoms with Gasteiger partial charge in [0.15, 0.2) is 0 Å². The molecule has 23 heavy (non-hydrogen) atoms. The van der Waals surface area contributed by atoms with Crippen molar-refractivity contribution in [1.82, 2.24) is 15.5 Å². The fourth-order valence-corrected chi connectivity index (χ4v) is 3.10. The number of urea groups is 1. The summed E-state index contributed by atoms with van der Waals surface area (Å²) in [5, 5.41) is 5.88. The summed E-state index contributed by atoms with van der Waals surface area (Å²) in [6, 6.07) is 10.1. The Morgan fingerprint density at radius 1 is 1.35 bits per heavy atom. The fourth-order valence-electron chi connectivity index (χ4n) is 3.10. The fraction of sp³-hybridized carbons (Fsp3) is 0.556. The van der Waals surface area contributed by atoms with Gasteiger partial charge in [0.2, 0.25) is 5.91 Å². The van der Waals surface area contributed by atoms with E-state index in [1.165, 1.54) is 5.56 Å². The summed E-state index contributed by atoms with van der Waals surface area (Å²) >= 11 is 0. The second-order valence-electron chi connectivity index (χ2n) is 6.62. The van der Waals surface area contributed by atoms with Crippen molar-refractivity contribution in [3.05, 3.63) is 35.9 Å². The molecule has 1 aliphatic heterocycles. The largest absolute Gasteiger partial charge is 0.351 e. The zero-order valence-electron chi connectivity index (χ0n) is 14.3. The molecule has 126 valence electrons. The van der Waals surface area contributed by atoms with Crippen LogP contribution in [-0.2, 0) is 10.2 Å². The summed E-state index contributed by atoms with van der Waals surface area (Å²) in [5.41, 5.74) is 1.03. The van der Waals surface area contributed by atoms with E-state index < -0.39 is 0 Å². The number of nitrogens with zero attached hydrogens (tertiary/aromatic N) is 1. The molecule has 5 heteroatoms. The molecule has 0 radical (unpaired) electrons. The van der Waals surface area contributed by atoms with Crippen molar-refractivity contribution in [1.29, 1.82) is 0 Å². The number of amides is 3. The molecule has 0 aliphatic carbocycles. The second-order valence-corrected chi connectivity index (χ2v) is 6.62. The van der Waals surface area contributed by atoms with E-state index in [0.29, 0.717) is 13.1 Å². The highest BCUT2D eigenvalue weighted by molar-refractivity contribution is 5.84. The summed E-state index contributed by atoms with van der Waals surface area (Å²) in [4.78, 5) is 25.7. The van der Waals surface area contributed by atoms with Crippen LogP contribution in [-0.4, -0.2) is 42.5 Å². The van der Waals surface area contributed by atoms with Gasteiger partial charge in [-0.25, -0.2) is 4.79 Å². The number of nitrogens with one attached hydrogen (secondary N) is 2. The number of benzene rings is 1. The highest BCUT2D eigenvalue weighted by Crippen LogP contribution is 2.28. The zero-order chi connectivity index (χ0) is 16.9. The van der Waals surface area contributed by atoms with E-state index in [0.717, 1.165) is 12.8 Å². The van der Waals surface area contributed by atoms with Crippen molar-refractivity contribution in [3.8, 4) is 0 Å². The lowest BCUT2D eigenvalue weighted by atomic mass is 9.76. The minimum Gasteiger partial charge on any atom is -0.351 e. The SMILES string of the molecule is CC[C@@H](NC(=O)CN1CCCNC1=O)C(C)(C)c1ccccc1. The minimum absolute atomic E-state index is 0.0188.